The Hall–Kier alpha value is -0.730. The zero-order valence-electron chi connectivity index (χ0n) is 8.82. The summed E-state index contributed by atoms with van der Waals surface area (Å²) < 4.78 is 0. The van der Waals surface area contributed by atoms with E-state index < -0.39 is 0 Å². The molecule has 5 heteroatoms. The van der Waals surface area contributed by atoms with Crippen molar-refractivity contribution in [2.75, 3.05) is 19.3 Å². The van der Waals surface area contributed by atoms with Crippen LogP contribution in [0.1, 0.15) is 13.8 Å². The number of nitrogens with one attached hydrogen (secondary N) is 1. The molecule has 14 heavy (non-hydrogen) atoms. The van der Waals surface area contributed by atoms with E-state index in [1.54, 1.807) is 0 Å². The molecule has 0 saturated carbocycles. The predicted octanol–water partition coefficient (Wildman–Crippen LogP) is 0.869. The molecule has 1 rings (SSSR count). The lowest BCUT2D eigenvalue weighted by Crippen LogP contribution is -2.53. The quantitative estimate of drug-likeness (QED) is 0.319. The molecule has 1 fully saturated rings. The maximum atomic E-state index is 8.45. The molecule has 78 valence electrons. The van der Waals surface area contributed by atoms with Gasteiger partial charge in [-0.05, 0) is 20.1 Å². The molecular formula is C9H16N4S. The van der Waals surface area contributed by atoms with Gasteiger partial charge in [-0.3, -0.25) is 15.2 Å². The Morgan fingerprint density at radius 3 is 2.71 bits per heavy atom. The van der Waals surface area contributed by atoms with Crippen LogP contribution in [0.4, 0.5) is 0 Å². The van der Waals surface area contributed by atoms with Crippen LogP contribution in [0.15, 0.2) is 4.99 Å². The molecule has 4 nitrogen and oxygen atoms in total. The van der Waals surface area contributed by atoms with Crippen LogP contribution >= 0.6 is 11.8 Å². The van der Waals surface area contributed by atoms with Crippen LogP contribution in [0.5, 0.6) is 0 Å². The Morgan fingerprint density at radius 2 is 2.29 bits per heavy atom. The summed E-state index contributed by atoms with van der Waals surface area (Å²) in [6.07, 6.45) is 3.81. The topological polar surface area (TPSA) is 51.4 Å². The molecule has 0 amide bonds. The van der Waals surface area contributed by atoms with E-state index in [0.29, 0.717) is 12.1 Å². The first-order valence-corrected chi connectivity index (χ1v) is 5.90. The molecule has 0 radical (unpaired) electrons. The van der Waals surface area contributed by atoms with Gasteiger partial charge >= 0.3 is 0 Å². The average molecular weight is 212 g/mol. The summed E-state index contributed by atoms with van der Waals surface area (Å²) in [6.45, 7) is 6.38. The van der Waals surface area contributed by atoms with Gasteiger partial charge in [0.2, 0.25) is 0 Å². The van der Waals surface area contributed by atoms with Crippen molar-refractivity contribution >= 4 is 16.9 Å². The van der Waals surface area contributed by atoms with E-state index >= 15 is 0 Å². The zero-order valence-corrected chi connectivity index (χ0v) is 9.64. The highest BCUT2D eigenvalue weighted by atomic mass is 32.2. The molecule has 1 saturated heterocycles. The zero-order chi connectivity index (χ0) is 10.6. The van der Waals surface area contributed by atoms with Gasteiger partial charge < -0.3 is 0 Å². The summed E-state index contributed by atoms with van der Waals surface area (Å²) in [5.41, 5.74) is 0. The standard InChI is InChI=1S/C9H16N4S/c1-7(2)13-4-8(5-13)12-9(14-3)11-6-10/h7-8H,4-5H2,1-3H3,(H,11,12). The molecular weight excluding hydrogens is 196 g/mol. The van der Waals surface area contributed by atoms with Crippen molar-refractivity contribution in [1.82, 2.24) is 10.2 Å². The maximum Gasteiger partial charge on any atom is 0.183 e. The number of amidine groups is 1. The van der Waals surface area contributed by atoms with Gasteiger partial charge in [0.1, 0.15) is 0 Å². The predicted molar refractivity (Wildman–Crippen MR) is 60.2 cm³/mol. The molecule has 1 N–H and O–H groups in total. The van der Waals surface area contributed by atoms with Gasteiger partial charge in [0.05, 0.1) is 6.04 Å². The van der Waals surface area contributed by atoms with E-state index in [4.69, 9.17) is 5.26 Å². The number of aliphatic imine (C=N–C) groups is 1. The minimum Gasteiger partial charge on any atom is -0.297 e. The third-order valence-electron chi connectivity index (χ3n) is 2.28. The second-order valence-corrected chi connectivity index (χ2v) is 4.37. The first-order chi connectivity index (χ1) is 6.67. The van der Waals surface area contributed by atoms with Crippen LogP contribution in [0, 0.1) is 11.5 Å². The minimum absolute atomic E-state index is 0.362. The highest BCUT2D eigenvalue weighted by Crippen LogP contribution is 2.15. The Balaban J connectivity index is 2.36. The van der Waals surface area contributed by atoms with E-state index in [-0.39, 0.29) is 0 Å². The van der Waals surface area contributed by atoms with E-state index in [1.807, 2.05) is 12.4 Å². The van der Waals surface area contributed by atoms with Crippen LogP contribution < -0.4 is 5.32 Å². The molecule has 0 spiro atoms. The van der Waals surface area contributed by atoms with Gasteiger partial charge in [0.25, 0.3) is 0 Å². The van der Waals surface area contributed by atoms with Crippen molar-refractivity contribution in [3.8, 4) is 6.19 Å². The number of hydrogen-bond acceptors (Lipinski definition) is 4. The molecule has 1 aliphatic rings. The van der Waals surface area contributed by atoms with E-state index in [1.165, 1.54) is 11.8 Å². The van der Waals surface area contributed by atoms with Crippen molar-refractivity contribution < 1.29 is 0 Å². The lowest BCUT2D eigenvalue weighted by molar-refractivity contribution is 0.114. The van der Waals surface area contributed by atoms with Gasteiger partial charge in [-0.2, -0.15) is 5.26 Å². The summed E-state index contributed by atoms with van der Waals surface area (Å²) in [6, 6.07) is 0.962. The average Bonchev–Trinajstić information content (AvgIpc) is 2.07. The van der Waals surface area contributed by atoms with Gasteiger partial charge in [-0.15, -0.1) is 0 Å². The first kappa shape index (κ1) is 11.3. The molecule has 0 aromatic heterocycles. The fourth-order valence-corrected chi connectivity index (χ4v) is 1.74. The monoisotopic (exact) mass is 212 g/mol. The SMILES string of the molecule is CSC(=NC1CN(C(C)C)C1)NC#N. The fraction of sp³-hybridized carbons (Fsp3) is 0.778. The lowest BCUT2D eigenvalue weighted by atomic mass is 10.1. The highest BCUT2D eigenvalue weighted by Gasteiger charge is 2.28. The Labute approximate surface area is 89.4 Å². The van der Waals surface area contributed by atoms with Gasteiger partial charge in [-0.25, -0.2) is 0 Å². The van der Waals surface area contributed by atoms with Crippen LogP contribution in [0.3, 0.4) is 0 Å². The maximum absolute atomic E-state index is 8.45. The third kappa shape index (κ3) is 2.89. The summed E-state index contributed by atoms with van der Waals surface area (Å²) in [7, 11) is 0. The molecule has 0 aromatic carbocycles. The molecule has 0 aliphatic carbocycles. The summed E-state index contributed by atoms with van der Waals surface area (Å²) in [5.74, 6) is 0. The van der Waals surface area contributed by atoms with E-state index in [0.717, 1.165) is 18.3 Å². The van der Waals surface area contributed by atoms with E-state index in [2.05, 4.69) is 29.1 Å². The highest BCUT2D eigenvalue weighted by molar-refractivity contribution is 8.13. The Morgan fingerprint density at radius 1 is 1.64 bits per heavy atom. The van der Waals surface area contributed by atoms with Crippen molar-refractivity contribution in [3.05, 3.63) is 0 Å². The largest absolute Gasteiger partial charge is 0.297 e. The normalized spacial score (nSPS) is 19.2. The molecule has 0 aromatic rings. The molecule has 0 bridgehead atoms. The Kier molecular flexibility index (Phi) is 4.23. The number of hydrogen-bond donors (Lipinski definition) is 1. The Bertz CT molecular complexity index is 250. The van der Waals surface area contributed by atoms with Crippen LogP contribution in [-0.2, 0) is 0 Å². The number of nitrogens with zero attached hydrogens (tertiary/aromatic N) is 3. The van der Waals surface area contributed by atoms with Crippen molar-refractivity contribution in [2.24, 2.45) is 4.99 Å². The smallest absolute Gasteiger partial charge is 0.183 e. The number of thioether (sulfide) groups is 1. The first-order valence-electron chi connectivity index (χ1n) is 4.68. The second-order valence-electron chi connectivity index (χ2n) is 3.58. The van der Waals surface area contributed by atoms with Gasteiger partial charge in [0.15, 0.2) is 11.4 Å². The third-order valence-corrected chi connectivity index (χ3v) is 2.87. The fourth-order valence-electron chi connectivity index (χ4n) is 1.34. The van der Waals surface area contributed by atoms with Crippen LogP contribution in [0.25, 0.3) is 0 Å². The summed E-state index contributed by atoms with van der Waals surface area (Å²) in [5, 5.41) is 11.7. The number of likely N-dealkylation sites (tertiary alicyclic amines) is 1. The minimum atomic E-state index is 0.362. The van der Waals surface area contributed by atoms with E-state index in [9.17, 15) is 0 Å². The lowest BCUT2D eigenvalue weighted by Gasteiger charge is -2.39. The van der Waals surface area contributed by atoms with Gasteiger partial charge in [0, 0.05) is 19.1 Å². The van der Waals surface area contributed by atoms with Crippen LogP contribution in [-0.4, -0.2) is 41.5 Å². The summed E-state index contributed by atoms with van der Waals surface area (Å²) in [4.78, 5) is 6.79. The molecule has 0 atom stereocenters. The van der Waals surface area contributed by atoms with Crippen molar-refractivity contribution in [3.63, 3.8) is 0 Å². The number of rotatable bonds is 2. The molecule has 1 heterocycles. The second kappa shape index (κ2) is 5.23. The van der Waals surface area contributed by atoms with Gasteiger partial charge in [-0.1, -0.05) is 11.8 Å². The van der Waals surface area contributed by atoms with Crippen molar-refractivity contribution in [1.29, 1.82) is 5.26 Å². The van der Waals surface area contributed by atoms with Crippen LogP contribution in [0.2, 0.25) is 0 Å². The molecule has 1 aliphatic heterocycles. The van der Waals surface area contributed by atoms with Crippen molar-refractivity contribution in [2.45, 2.75) is 25.9 Å². The summed E-state index contributed by atoms with van der Waals surface area (Å²) >= 11 is 1.48. The molecule has 0 unspecified atom stereocenters. The number of nitriles is 1.